The SMILES string of the molecule is C[C@H](CCC(=O)NCc1ccco1)[C@H]1CC[C@H]2[C@@H]3CC[C@@H]4C[C@H](O)CC[C@]4(C)[C@H]3C[C@H](O)[C@]12C. The fourth-order valence-corrected chi connectivity index (χ4v) is 9.41. The Balaban J connectivity index is 1.23. The van der Waals surface area contributed by atoms with E-state index in [4.69, 9.17) is 4.42 Å². The van der Waals surface area contributed by atoms with Gasteiger partial charge in [0, 0.05) is 6.42 Å². The van der Waals surface area contributed by atoms with Crippen LogP contribution >= 0.6 is 0 Å². The van der Waals surface area contributed by atoms with Gasteiger partial charge in [0.1, 0.15) is 5.76 Å². The topological polar surface area (TPSA) is 82.7 Å². The van der Waals surface area contributed by atoms with Crippen molar-refractivity contribution in [2.45, 2.75) is 104 Å². The van der Waals surface area contributed by atoms with E-state index in [1.165, 1.54) is 25.7 Å². The second-order valence-electron chi connectivity index (χ2n) is 12.8. The highest BCUT2D eigenvalue weighted by atomic mass is 16.3. The standard InChI is InChI=1S/C29H45NO4/c1-18(6-11-27(33)30-17-21-5-4-14-34-21)23-9-10-24-22-8-7-19-15-20(31)12-13-28(19,2)25(22)16-26(32)29(23,24)3/h4-5,14,18-20,22-26,31-32H,6-13,15-17H2,1-3H3,(H,30,33)/t18-,19-,20-,22+,23-,24+,25+,26+,28+,29-/m1/s1. The first-order chi connectivity index (χ1) is 16.2. The molecule has 10 atom stereocenters. The van der Waals surface area contributed by atoms with E-state index >= 15 is 0 Å². The van der Waals surface area contributed by atoms with Gasteiger partial charge in [0.15, 0.2) is 0 Å². The molecule has 4 aliphatic rings. The number of aliphatic hydroxyl groups excluding tert-OH is 2. The van der Waals surface area contributed by atoms with Crippen LogP contribution in [0.5, 0.6) is 0 Å². The van der Waals surface area contributed by atoms with Gasteiger partial charge in [-0.15, -0.1) is 0 Å². The molecule has 0 bridgehead atoms. The molecule has 0 saturated heterocycles. The maximum Gasteiger partial charge on any atom is 0.220 e. The molecule has 4 saturated carbocycles. The van der Waals surface area contributed by atoms with Gasteiger partial charge in [-0.05, 0) is 116 Å². The summed E-state index contributed by atoms with van der Waals surface area (Å²) in [5, 5.41) is 24.9. The second-order valence-corrected chi connectivity index (χ2v) is 12.8. The van der Waals surface area contributed by atoms with Crippen molar-refractivity contribution in [2.75, 3.05) is 0 Å². The normalized spacial score (nSPS) is 44.6. The highest BCUT2D eigenvalue weighted by molar-refractivity contribution is 5.75. The Bertz CT molecular complexity index is 854. The number of amides is 1. The van der Waals surface area contributed by atoms with Crippen LogP contribution < -0.4 is 5.32 Å². The van der Waals surface area contributed by atoms with E-state index in [-0.39, 0.29) is 28.9 Å². The molecule has 1 aromatic heterocycles. The molecule has 1 aromatic rings. The number of fused-ring (bicyclic) bond motifs is 5. The van der Waals surface area contributed by atoms with E-state index in [9.17, 15) is 15.0 Å². The summed E-state index contributed by atoms with van der Waals surface area (Å²) >= 11 is 0. The maximum absolute atomic E-state index is 12.4. The number of hydrogen-bond acceptors (Lipinski definition) is 4. The van der Waals surface area contributed by atoms with Gasteiger partial charge in [-0.3, -0.25) is 4.79 Å². The fraction of sp³-hybridized carbons (Fsp3) is 0.828. The molecule has 0 aromatic carbocycles. The lowest BCUT2D eigenvalue weighted by Gasteiger charge is -2.62. The molecule has 34 heavy (non-hydrogen) atoms. The Morgan fingerprint density at radius 2 is 1.97 bits per heavy atom. The average molecular weight is 472 g/mol. The van der Waals surface area contributed by atoms with Crippen LogP contribution in [0.4, 0.5) is 0 Å². The molecule has 5 heteroatoms. The van der Waals surface area contributed by atoms with Crippen LogP contribution in [0.1, 0.15) is 90.7 Å². The molecule has 190 valence electrons. The van der Waals surface area contributed by atoms with E-state index in [0.717, 1.165) is 37.9 Å². The number of nitrogens with one attached hydrogen (secondary N) is 1. The van der Waals surface area contributed by atoms with Crippen molar-refractivity contribution < 1.29 is 19.4 Å². The van der Waals surface area contributed by atoms with Gasteiger partial charge in [0.2, 0.25) is 5.91 Å². The van der Waals surface area contributed by atoms with Crippen LogP contribution in [0, 0.1) is 46.3 Å². The summed E-state index contributed by atoms with van der Waals surface area (Å²) in [6.07, 6.45) is 11.5. The number of carbonyl (C=O) groups is 1. The monoisotopic (exact) mass is 471 g/mol. The molecule has 4 fully saturated rings. The van der Waals surface area contributed by atoms with Gasteiger partial charge in [0.25, 0.3) is 0 Å². The molecule has 5 rings (SSSR count). The molecule has 0 spiro atoms. The average Bonchev–Trinajstić information content (AvgIpc) is 3.46. The third kappa shape index (κ3) is 4.05. The summed E-state index contributed by atoms with van der Waals surface area (Å²) in [6.45, 7) is 7.61. The lowest BCUT2D eigenvalue weighted by molar-refractivity contribution is -0.174. The zero-order valence-corrected chi connectivity index (χ0v) is 21.3. The molecule has 0 aliphatic heterocycles. The van der Waals surface area contributed by atoms with E-state index in [0.29, 0.717) is 48.5 Å². The van der Waals surface area contributed by atoms with Crippen molar-refractivity contribution in [1.29, 1.82) is 0 Å². The van der Waals surface area contributed by atoms with Crippen molar-refractivity contribution in [3.63, 3.8) is 0 Å². The van der Waals surface area contributed by atoms with Gasteiger partial charge in [0.05, 0.1) is 25.0 Å². The maximum atomic E-state index is 12.4. The minimum Gasteiger partial charge on any atom is -0.467 e. The molecule has 1 heterocycles. The number of aliphatic hydroxyl groups is 2. The molecular weight excluding hydrogens is 426 g/mol. The molecule has 0 radical (unpaired) electrons. The first-order valence-corrected chi connectivity index (χ1v) is 13.9. The quantitative estimate of drug-likeness (QED) is 0.526. The summed E-state index contributed by atoms with van der Waals surface area (Å²) < 4.78 is 5.31. The van der Waals surface area contributed by atoms with Crippen molar-refractivity contribution in [3.05, 3.63) is 24.2 Å². The fourth-order valence-electron chi connectivity index (χ4n) is 9.41. The molecule has 1 amide bonds. The predicted molar refractivity (Wildman–Crippen MR) is 132 cm³/mol. The summed E-state index contributed by atoms with van der Waals surface area (Å²) in [7, 11) is 0. The van der Waals surface area contributed by atoms with Crippen molar-refractivity contribution in [3.8, 4) is 0 Å². The largest absolute Gasteiger partial charge is 0.467 e. The molecule has 3 N–H and O–H groups in total. The predicted octanol–water partition coefficient (Wildman–Crippen LogP) is 5.30. The number of rotatable bonds is 6. The number of hydrogen-bond donors (Lipinski definition) is 3. The molecule has 5 nitrogen and oxygen atoms in total. The van der Waals surface area contributed by atoms with Crippen LogP contribution in [0.25, 0.3) is 0 Å². The van der Waals surface area contributed by atoms with E-state index in [2.05, 4.69) is 26.1 Å². The summed E-state index contributed by atoms with van der Waals surface area (Å²) in [4.78, 5) is 12.4. The van der Waals surface area contributed by atoms with Crippen molar-refractivity contribution in [1.82, 2.24) is 5.32 Å². The lowest BCUT2D eigenvalue weighted by Crippen LogP contribution is -2.58. The highest BCUT2D eigenvalue weighted by Crippen LogP contribution is 2.68. The Kier molecular flexibility index (Phi) is 6.65. The highest BCUT2D eigenvalue weighted by Gasteiger charge is 2.63. The van der Waals surface area contributed by atoms with E-state index in [1.54, 1.807) is 6.26 Å². The Morgan fingerprint density at radius 3 is 2.74 bits per heavy atom. The van der Waals surface area contributed by atoms with Crippen LogP contribution in [0.2, 0.25) is 0 Å². The third-order valence-electron chi connectivity index (χ3n) is 11.4. The third-order valence-corrected chi connectivity index (χ3v) is 11.4. The van der Waals surface area contributed by atoms with Crippen LogP contribution in [-0.4, -0.2) is 28.3 Å². The van der Waals surface area contributed by atoms with Gasteiger partial charge < -0.3 is 19.9 Å². The first-order valence-electron chi connectivity index (χ1n) is 13.9. The summed E-state index contributed by atoms with van der Waals surface area (Å²) in [5.74, 6) is 4.27. The number of carbonyl (C=O) groups excluding carboxylic acids is 1. The van der Waals surface area contributed by atoms with Crippen LogP contribution in [0.3, 0.4) is 0 Å². The van der Waals surface area contributed by atoms with Gasteiger partial charge in [-0.25, -0.2) is 0 Å². The Hall–Kier alpha value is -1.33. The van der Waals surface area contributed by atoms with Gasteiger partial charge in [-0.1, -0.05) is 20.8 Å². The number of furan rings is 1. The zero-order chi connectivity index (χ0) is 24.1. The second kappa shape index (κ2) is 9.28. The lowest BCUT2D eigenvalue weighted by atomic mass is 9.43. The smallest absolute Gasteiger partial charge is 0.220 e. The van der Waals surface area contributed by atoms with Crippen LogP contribution in [0.15, 0.2) is 22.8 Å². The van der Waals surface area contributed by atoms with E-state index in [1.807, 2.05) is 12.1 Å². The van der Waals surface area contributed by atoms with Gasteiger partial charge >= 0.3 is 0 Å². The minimum atomic E-state index is -0.260. The zero-order valence-electron chi connectivity index (χ0n) is 21.3. The molecule has 4 aliphatic carbocycles. The van der Waals surface area contributed by atoms with Crippen LogP contribution in [-0.2, 0) is 11.3 Å². The van der Waals surface area contributed by atoms with Crippen molar-refractivity contribution >= 4 is 5.91 Å². The Morgan fingerprint density at radius 1 is 1.15 bits per heavy atom. The van der Waals surface area contributed by atoms with Crippen molar-refractivity contribution in [2.24, 2.45) is 46.3 Å². The summed E-state index contributed by atoms with van der Waals surface area (Å²) in [5.41, 5.74) is 0.239. The first kappa shape index (κ1) is 24.4. The molecule has 0 unspecified atom stereocenters. The molecular formula is C29H45NO4. The minimum absolute atomic E-state index is 0.0391. The van der Waals surface area contributed by atoms with Gasteiger partial charge in [-0.2, -0.15) is 0 Å². The van der Waals surface area contributed by atoms with E-state index < -0.39 is 0 Å². The Labute approximate surface area is 205 Å². The summed E-state index contributed by atoms with van der Waals surface area (Å²) in [6, 6.07) is 3.72.